The number of carbonyl (C=O) groups is 2. The summed E-state index contributed by atoms with van der Waals surface area (Å²) in [5, 5.41) is 20.4. The Morgan fingerprint density at radius 2 is 1.83 bits per heavy atom. The minimum Gasteiger partial charge on any atom is -0.479 e. The van der Waals surface area contributed by atoms with Crippen molar-refractivity contribution in [1.29, 1.82) is 0 Å². The number of hydrogen-bond acceptors (Lipinski definition) is 3. The van der Waals surface area contributed by atoms with Crippen molar-refractivity contribution in [1.82, 2.24) is 5.32 Å². The molecule has 0 saturated heterocycles. The summed E-state index contributed by atoms with van der Waals surface area (Å²) in [7, 11) is 0. The molecular weight excluding hydrogens is 234 g/mol. The van der Waals surface area contributed by atoms with Crippen LogP contribution in [0.1, 0.15) is 25.7 Å². The minimum absolute atomic E-state index is 0.0687. The Bertz CT molecular complexity index is 367. The van der Waals surface area contributed by atoms with Gasteiger partial charge in [0, 0.05) is 18.9 Å². The number of carboxylic acids is 1. The molecular formula is C13H19NO4. The molecule has 4 unspecified atom stereocenters. The molecule has 0 aromatic heterocycles. The standard InChI is InChI=1S/C13H19NO4/c15-8(13(17)18)3-4-14-12(16)11-9-6-1-2-7(5-6)10(9)11/h6-11,15H,1-5H2,(H,14,16)(H,17,18)/t6?,7?,8-,9?,10?,11?/m0/s1. The molecule has 18 heavy (non-hydrogen) atoms. The predicted molar refractivity (Wildman–Crippen MR) is 62.6 cm³/mol. The van der Waals surface area contributed by atoms with Gasteiger partial charge in [-0.2, -0.15) is 0 Å². The maximum atomic E-state index is 11.9. The Balaban J connectivity index is 1.43. The van der Waals surface area contributed by atoms with Gasteiger partial charge in [-0.05, 0) is 42.9 Å². The first-order valence-corrected chi connectivity index (χ1v) is 6.78. The molecule has 0 spiro atoms. The number of rotatable bonds is 5. The second-order valence-corrected chi connectivity index (χ2v) is 5.95. The van der Waals surface area contributed by atoms with Crippen molar-refractivity contribution in [2.45, 2.75) is 31.8 Å². The third kappa shape index (κ3) is 1.81. The van der Waals surface area contributed by atoms with E-state index in [4.69, 9.17) is 10.2 Å². The van der Waals surface area contributed by atoms with Crippen LogP contribution < -0.4 is 5.32 Å². The first kappa shape index (κ1) is 12.0. The zero-order chi connectivity index (χ0) is 12.9. The molecule has 5 atom stereocenters. The fourth-order valence-corrected chi connectivity index (χ4v) is 4.25. The van der Waals surface area contributed by atoms with Crippen LogP contribution in [0.4, 0.5) is 0 Å². The normalized spacial score (nSPS) is 41.3. The van der Waals surface area contributed by atoms with Gasteiger partial charge in [0.25, 0.3) is 0 Å². The van der Waals surface area contributed by atoms with Crippen LogP contribution in [0.15, 0.2) is 0 Å². The molecule has 0 heterocycles. The number of carboxylic acid groups (broad SMARTS) is 1. The minimum atomic E-state index is -1.37. The lowest BCUT2D eigenvalue weighted by Gasteiger charge is -2.10. The molecule has 3 aliphatic rings. The quantitative estimate of drug-likeness (QED) is 0.654. The topological polar surface area (TPSA) is 86.6 Å². The first-order chi connectivity index (χ1) is 8.59. The van der Waals surface area contributed by atoms with Crippen LogP contribution in [-0.2, 0) is 9.59 Å². The Labute approximate surface area is 106 Å². The van der Waals surface area contributed by atoms with Gasteiger partial charge in [-0.1, -0.05) is 0 Å². The Kier molecular flexibility index (Phi) is 2.81. The molecule has 0 aromatic rings. The first-order valence-electron chi connectivity index (χ1n) is 6.78. The lowest BCUT2D eigenvalue weighted by atomic mass is 10.0. The fourth-order valence-electron chi connectivity index (χ4n) is 4.25. The highest BCUT2D eigenvalue weighted by atomic mass is 16.4. The molecule has 3 saturated carbocycles. The van der Waals surface area contributed by atoms with Crippen LogP contribution in [0.25, 0.3) is 0 Å². The van der Waals surface area contributed by atoms with Crippen LogP contribution in [0.3, 0.4) is 0 Å². The van der Waals surface area contributed by atoms with Crippen LogP contribution in [0.5, 0.6) is 0 Å². The van der Waals surface area contributed by atoms with Crippen molar-refractivity contribution in [3.05, 3.63) is 0 Å². The Morgan fingerprint density at radius 3 is 2.39 bits per heavy atom. The molecule has 100 valence electrons. The zero-order valence-electron chi connectivity index (χ0n) is 10.2. The number of fused-ring (bicyclic) bond motifs is 5. The number of aliphatic carboxylic acids is 1. The van der Waals surface area contributed by atoms with E-state index in [1.165, 1.54) is 19.3 Å². The van der Waals surface area contributed by atoms with Crippen molar-refractivity contribution in [3.63, 3.8) is 0 Å². The summed E-state index contributed by atoms with van der Waals surface area (Å²) in [6.45, 7) is 0.248. The van der Waals surface area contributed by atoms with Gasteiger partial charge >= 0.3 is 5.97 Å². The van der Waals surface area contributed by atoms with Gasteiger partial charge in [0.15, 0.2) is 6.10 Å². The zero-order valence-corrected chi connectivity index (χ0v) is 10.2. The van der Waals surface area contributed by atoms with Crippen LogP contribution in [0, 0.1) is 29.6 Å². The van der Waals surface area contributed by atoms with Gasteiger partial charge in [0.1, 0.15) is 0 Å². The second kappa shape index (κ2) is 4.23. The molecule has 0 aliphatic heterocycles. The molecule has 3 rings (SSSR count). The van der Waals surface area contributed by atoms with E-state index < -0.39 is 12.1 Å². The Morgan fingerprint density at radius 1 is 1.22 bits per heavy atom. The number of hydrogen-bond donors (Lipinski definition) is 3. The fraction of sp³-hybridized carbons (Fsp3) is 0.846. The van der Waals surface area contributed by atoms with E-state index in [1.54, 1.807) is 0 Å². The third-order valence-corrected chi connectivity index (χ3v) is 5.04. The maximum Gasteiger partial charge on any atom is 0.332 e. The van der Waals surface area contributed by atoms with Gasteiger partial charge in [0.2, 0.25) is 5.91 Å². The second-order valence-electron chi connectivity index (χ2n) is 5.95. The van der Waals surface area contributed by atoms with E-state index in [0.29, 0.717) is 11.8 Å². The molecule has 0 radical (unpaired) electrons. The lowest BCUT2D eigenvalue weighted by molar-refractivity contribution is -0.147. The van der Waals surface area contributed by atoms with Gasteiger partial charge in [-0.3, -0.25) is 4.79 Å². The van der Waals surface area contributed by atoms with E-state index in [1.807, 2.05) is 0 Å². The van der Waals surface area contributed by atoms with Crippen molar-refractivity contribution >= 4 is 11.9 Å². The van der Waals surface area contributed by atoms with Gasteiger partial charge in [0.05, 0.1) is 0 Å². The molecule has 2 bridgehead atoms. The maximum absolute atomic E-state index is 11.9. The Hall–Kier alpha value is -1.10. The summed E-state index contributed by atoms with van der Waals surface area (Å²) >= 11 is 0. The smallest absolute Gasteiger partial charge is 0.332 e. The average molecular weight is 253 g/mol. The van der Waals surface area contributed by atoms with E-state index in [9.17, 15) is 9.59 Å². The number of nitrogens with one attached hydrogen (secondary N) is 1. The van der Waals surface area contributed by atoms with Gasteiger partial charge < -0.3 is 15.5 Å². The molecule has 5 nitrogen and oxygen atoms in total. The molecule has 5 heteroatoms. The van der Waals surface area contributed by atoms with Gasteiger partial charge in [-0.25, -0.2) is 4.79 Å². The highest BCUT2D eigenvalue weighted by Gasteiger charge is 2.67. The highest BCUT2D eigenvalue weighted by Crippen LogP contribution is 2.69. The van der Waals surface area contributed by atoms with Crippen molar-refractivity contribution in [3.8, 4) is 0 Å². The van der Waals surface area contributed by atoms with E-state index in [0.717, 1.165) is 11.8 Å². The van der Waals surface area contributed by atoms with Crippen LogP contribution in [0.2, 0.25) is 0 Å². The summed E-state index contributed by atoms with van der Waals surface area (Å²) in [6, 6.07) is 0. The monoisotopic (exact) mass is 253 g/mol. The molecule has 1 amide bonds. The average Bonchev–Trinajstić information content (AvgIpc) is 2.78. The highest BCUT2D eigenvalue weighted by molar-refractivity contribution is 5.82. The molecule has 3 fully saturated rings. The van der Waals surface area contributed by atoms with Crippen molar-refractivity contribution in [2.24, 2.45) is 29.6 Å². The summed E-state index contributed by atoms with van der Waals surface area (Å²) in [4.78, 5) is 22.4. The summed E-state index contributed by atoms with van der Waals surface area (Å²) in [6.07, 6.45) is 2.59. The van der Waals surface area contributed by atoms with E-state index in [-0.39, 0.29) is 24.8 Å². The van der Waals surface area contributed by atoms with Crippen molar-refractivity contribution < 1.29 is 19.8 Å². The summed E-state index contributed by atoms with van der Waals surface area (Å²) in [5.41, 5.74) is 0. The molecule has 3 N–H and O–H groups in total. The largest absolute Gasteiger partial charge is 0.479 e. The van der Waals surface area contributed by atoms with Crippen molar-refractivity contribution in [2.75, 3.05) is 6.54 Å². The molecule has 0 aromatic carbocycles. The number of amides is 1. The van der Waals surface area contributed by atoms with Crippen LogP contribution >= 0.6 is 0 Å². The van der Waals surface area contributed by atoms with Gasteiger partial charge in [-0.15, -0.1) is 0 Å². The number of carbonyl (C=O) groups excluding carboxylic acids is 1. The third-order valence-electron chi connectivity index (χ3n) is 5.04. The van der Waals surface area contributed by atoms with Crippen LogP contribution in [-0.4, -0.2) is 34.7 Å². The number of aliphatic hydroxyl groups excluding tert-OH is 1. The summed E-state index contributed by atoms with van der Waals surface area (Å²) < 4.78 is 0. The van der Waals surface area contributed by atoms with E-state index >= 15 is 0 Å². The number of aliphatic hydroxyl groups is 1. The lowest BCUT2D eigenvalue weighted by Crippen LogP contribution is -2.32. The predicted octanol–water partition coefficient (Wildman–Crippen LogP) is 0.230. The van der Waals surface area contributed by atoms with E-state index in [2.05, 4.69) is 5.32 Å². The molecule has 3 aliphatic carbocycles. The SMILES string of the molecule is O=C(NCC[C@H](O)C(=O)O)C1C2C3CCC(C3)C12. The summed E-state index contributed by atoms with van der Waals surface area (Å²) in [5.74, 6) is 1.75.